The predicted molar refractivity (Wildman–Crippen MR) is 269 cm³/mol. The van der Waals surface area contributed by atoms with Gasteiger partial charge in [0.2, 0.25) is 0 Å². The molecule has 0 saturated carbocycles. The average Bonchev–Trinajstić information content (AvgIpc) is 3.73. The first-order valence-electron chi connectivity index (χ1n) is 25.7. The Morgan fingerprint density at radius 3 is 1.83 bits per heavy atom. The zero-order valence-corrected chi connectivity index (χ0v) is 37.9. The number of hydrogen-bond acceptors (Lipinski definition) is 3. The number of phenolic OH excluding ortho intramolecular Hbond substituents is 1. The van der Waals surface area contributed by atoms with Gasteiger partial charge in [0, 0.05) is 28.4 Å². The number of hydrogen-bond donors (Lipinski definition) is 1. The summed E-state index contributed by atoms with van der Waals surface area (Å²) in [7, 11) is 0. The highest BCUT2D eigenvalue weighted by Gasteiger charge is 2.29. The van der Waals surface area contributed by atoms with E-state index in [1.54, 1.807) is 0 Å². The van der Waals surface area contributed by atoms with Crippen molar-refractivity contribution in [2.24, 2.45) is 0 Å². The molecule has 0 fully saturated rings. The summed E-state index contributed by atoms with van der Waals surface area (Å²) in [5, 5.41) is 12.6. The van der Waals surface area contributed by atoms with Crippen LogP contribution in [0.4, 0.5) is 0 Å². The van der Waals surface area contributed by atoms with E-state index in [-0.39, 0.29) is 34.0 Å². The molecule has 4 heteroatoms. The fraction of sp³-hybridized carbons (Fsp3) is 0.200. The maximum Gasteiger partial charge on any atom is 0.149 e. The van der Waals surface area contributed by atoms with Crippen LogP contribution in [0.3, 0.4) is 0 Å². The molecule has 318 valence electrons. The number of imidazole rings is 1. The molecule has 0 saturated heterocycles. The fourth-order valence-corrected chi connectivity index (χ4v) is 8.26. The van der Waals surface area contributed by atoms with Gasteiger partial charge in [0.15, 0.2) is 0 Å². The van der Waals surface area contributed by atoms with Crippen molar-refractivity contribution >= 4 is 11.0 Å². The summed E-state index contributed by atoms with van der Waals surface area (Å²) in [6, 6.07) is 39.2. The maximum atomic E-state index is 12.6. The summed E-state index contributed by atoms with van der Waals surface area (Å²) in [5.74, 6) is 0.674. The highest BCUT2D eigenvalue weighted by Crippen LogP contribution is 2.46. The van der Waals surface area contributed by atoms with E-state index in [9.17, 15) is 6.48 Å². The maximum absolute atomic E-state index is 12.6. The van der Waals surface area contributed by atoms with E-state index in [4.69, 9.17) is 14.6 Å². The molecule has 9 rings (SSSR count). The van der Waals surface area contributed by atoms with Gasteiger partial charge < -0.3 is 5.11 Å². The second-order valence-electron chi connectivity index (χ2n) is 19.6. The number of phenols is 1. The molecule has 0 amide bonds. The lowest BCUT2D eigenvalue weighted by molar-refractivity contribution is 0.446. The van der Waals surface area contributed by atoms with Crippen LogP contribution in [0, 0.1) is 0 Å². The summed E-state index contributed by atoms with van der Waals surface area (Å²) in [5.41, 5.74) is 9.74. The van der Waals surface area contributed by atoms with Gasteiger partial charge in [0.05, 0.1) is 38.9 Å². The van der Waals surface area contributed by atoms with Gasteiger partial charge in [-0.3, -0.25) is 9.55 Å². The molecule has 4 nitrogen and oxygen atoms in total. The minimum absolute atomic E-state index is 0.0215. The van der Waals surface area contributed by atoms with Gasteiger partial charge in [-0.15, -0.1) is 0 Å². The van der Waals surface area contributed by atoms with Crippen molar-refractivity contribution in [3.05, 3.63) is 193 Å². The second-order valence-corrected chi connectivity index (χ2v) is 19.6. The van der Waals surface area contributed by atoms with Gasteiger partial charge in [0.1, 0.15) is 11.6 Å². The molecular formula is C60H57N3O. The van der Waals surface area contributed by atoms with Crippen molar-refractivity contribution in [3.63, 3.8) is 0 Å². The summed E-state index contributed by atoms with van der Waals surface area (Å²) in [4.78, 5) is 10.1. The van der Waals surface area contributed by atoms with Crippen molar-refractivity contribution in [3.8, 4) is 78.6 Å². The Morgan fingerprint density at radius 1 is 0.500 bits per heavy atom. The van der Waals surface area contributed by atoms with Gasteiger partial charge in [0.25, 0.3) is 0 Å². The number of para-hydroxylation sites is 1. The first-order chi connectivity index (χ1) is 33.9. The van der Waals surface area contributed by atoms with Crippen molar-refractivity contribution in [1.82, 2.24) is 14.5 Å². The zero-order chi connectivity index (χ0) is 51.9. The van der Waals surface area contributed by atoms with Crippen LogP contribution in [0.1, 0.15) is 90.0 Å². The average molecular weight is 844 g/mol. The van der Waals surface area contributed by atoms with E-state index in [1.807, 2.05) is 66.7 Å². The van der Waals surface area contributed by atoms with Crippen LogP contribution >= 0.6 is 0 Å². The summed E-state index contributed by atoms with van der Waals surface area (Å²) in [6.45, 7) is 19.0. The van der Waals surface area contributed by atoms with E-state index in [1.165, 1.54) is 0 Å². The van der Waals surface area contributed by atoms with Crippen LogP contribution in [0.5, 0.6) is 5.75 Å². The summed E-state index contributed by atoms with van der Waals surface area (Å²) < 4.78 is 72.0. The van der Waals surface area contributed by atoms with Gasteiger partial charge in [-0.05, 0) is 109 Å². The molecule has 0 radical (unpaired) electrons. The third-order valence-corrected chi connectivity index (χ3v) is 11.9. The number of benzene rings is 7. The van der Waals surface area contributed by atoms with Crippen LogP contribution in [-0.2, 0) is 16.2 Å². The Balaban J connectivity index is 1.38. The number of rotatable bonds is 7. The van der Waals surface area contributed by atoms with Gasteiger partial charge in [-0.1, -0.05) is 184 Å². The third kappa shape index (κ3) is 8.17. The topological polar surface area (TPSA) is 50.9 Å². The molecule has 0 aliphatic rings. The highest BCUT2D eigenvalue weighted by atomic mass is 16.3. The summed E-state index contributed by atoms with van der Waals surface area (Å²) in [6.07, 6.45) is -0.504. The standard InChI is InChI=1S/C60H57N3O/c1-58(2,3)46-33-44(32-45(34-46)52-36-43(30-31-61-52)40-22-15-11-16-23-40)48-26-19-27-54-55(48)62-57(50-37-47(59(4,5)6)38-51(56(50)64)60(7,8)9)63(54)53-29-28-42(39-20-13-10-14-21-39)35-49(53)41-24-17-12-18-25-41/h10-38,64H,1-9H3/i11D,15D,16D,22D,23D,30D,31D,36D. The second kappa shape index (κ2) is 16.3. The normalized spacial score (nSPS) is 14.0. The number of fused-ring (bicyclic) bond motifs is 1. The molecular weight excluding hydrogens is 779 g/mol. The zero-order valence-electron chi connectivity index (χ0n) is 45.9. The highest BCUT2D eigenvalue weighted by molar-refractivity contribution is 5.98. The van der Waals surface area contributed by atoms with Crippen LogP contribution < -0.4 is 0 Å². The van der Waals surface area contributed by atoms with E-state index in [2.05, 4.69) is 133 Å². The molecule has 7 aromatic carbocycles. The molecule has 0 atom stereocenters. The molecule has 0 spiro atoms. The number of aromatic hydroxyl groups is 1. The number of nitrogens with zero attached hydrogens (tertiary/aromatic N) is 3. The van der Waals surface area contributed by atoms with Gasteiger partial charge >= 0.3 is 0 Å². The smallest absolute Gasteiger partial charge is 0.149 e. The van der Waals surface area contributed by atoms with Crippen molar-refractivity contribution in [1.29, 1.82) is 0 Å². The quantitative estimate of drug-likeness (QED) is 0.174. The van der Waals surface area contributed by atoms with Gasteiger partial charge in [-0.2, -0.15) is 0 Å². The Labute approximate surface area is 390 Å². The minimum atomic E-state index is -0.602. The number of pyridine rings is 1. The SMILES string of the molecule is [2H]c1nc(-c2cc(-c3cccc4c3nc(-c3cc(C(C)(C)C)cc(C(C)(C)C)c3O)n4-c3ccc(-c4ccccc4)cc3-c3ccccc3)cc(C(C)(C)C)c2)c([2H])c(-c2c([2H])c([2H])c([2H])c([2H])c2[2H])c1[2H]. The lowest BCUT2D eigenvalue weighted by Crippen LogP contribution is -2.17. The molecule has 64 heavy (non-hydrogen) atoms. The van der Waals surface area contributed by atoms with E-state index >= 15 is 0 Å². The van der Waals surface area contributed by atoms with Crippen LogP contribution in [0.25, 0.3) is 83.9 Å². The predicted octanol–water partition coefficient (Wildman–Crippen LogP) is 16.0. The van der Waals surface area contributed by atoms with Crippen LogP contribution in [0.2, 0.25) is 0 Å². The monoisotopic (exact) mass is 844 g/mol. The van der Waals surface area contributed by atoms with Crippen molar-refractivity contribution < 1.29 is 16.1 Å². The Hall–Kier alpha value is -7.04. The molecule has 2 aromatic heterocycles. The van der Waals surface area contributed by atoms with Crippen LogP contribution in [0.15, 0.2) is 176 Å². The first-order valence-corrected chi connectivity index (χ1v) is 21.7. The Kier molecular flexibility index (Phi) is 8.51. The van der Waals surface area contributed by atoms with Crippen molar-refractivity contribution in [2.45, 2.75) is 78.6 Å². The molecule has 0 aliphatic heterocycles. The molecule has 0 bridgehead atoms. The first kappa shape index (κ1) is 33.5. The Bertz CT molecular complexity index is 3590. The van der Waals surface area contributed by atoms with E-state index in [0.717, 1.165) is 61.3 Å². The lowest BCUT2D eigenvalue weighted by Gasteiger charge is -2.27. The summed E-state index contributed by atoms with van der Waals surface area (Å²) >= 11 is 0. The lowest BCUT2D eigenvalue weighted by atomic mass is 9.79. The Morgan fingerprint density at radius 2 is 1.16 bits per heavy atom. The molecule has 9 aromatic rings. The molecule has 1 N–H and O–H groups in total. The fourth-order valence-electron chi connectivity index (χ4n) is 8.26. The largest absolute Gasteiger partial charge is 0.507 e. The van der Waals surface area contributed by atoms with Gasteiger partial charge in [-0.25, -0.2) is 4.98 Å². The number of aromatic nitrogens is 3. The van der Waals surface area contributed by atoms with E-state index in [0.29, 0.717) is 22.5 Å². The van der Waals surface area contributed by atoms with E-state index < -0.39 is 53.3 Å². The molecule has 0 aliphatic carbocycles. The third-order valence-electron chi connectivity index (χ3n) is 11.9. The minimum Gasteiger partial charge on any atom is -0.507 e. The molecule has 2 heterocycles. The van der Waals surface area contributed by atoms with Crippen LogP contribution in [-0.4, -0.2) is 19.6 Å². The molecule has 0 unspecified atom stereocenters. The van der Waals surface area contributed by atoms with Crippen molar-refractivity contribution in [2.75, 3.05) is 0 Å².